The van der Waals surface area contributed by atoms with Gasteiger partial charge in [-0.3, -0.25) is 9.59 Å². The molecule has 6 heteroatoms. The van der Waals surface area contributed by atoms with Crippen molar-refractivity contribution >= 4 is 45.7 Å². The van der Waals surface area contributed by atoms with Crippen LogP contribution in [0.4, 0.5) is 11.4 Å². The molecule has 0 aliphatic heterocycles. The van der Waals surface area contributed by atoms with Crippen molar-refractivity contribution in [2.75, 3.05) is 10.6 Å². The molecule has 3 aromatic carbocycles. The Bertz CT molecular complexity index is 1250. The molecule has 156 valence electrons. The first-order valence-electron chi connectivity index (χ1n) is 10.1. The molecule has 2 amide bonds. The molecule has 0 aliphatic carbocycles. The van der Waals surface area contributed by atoms with Gasteiger partial charge in [0.05, 0.1) is 10.6 Å². The minimum Gasteiger partial charge on any atom is -0.336 e. The molecule has 0 aliphatic rings. The third-order valence-corrected chi connectivity index (χ3v) is 5.32. The molecule has 31 heavy (non-hydrogen) atoms. The smallest absolute Gasteiger partial charge is 0.272 e. The highest BCUT2D eigenvalue weighted by molar-refractivity contribution is 6.34. The first-order valence-corrected chi connectivity index (χ1v) is 10.5. The van der Waals surface area contributed by atoms with E-state index in [1.807, 2.05) is 59.2 Å². The van der Waals surface area contributed by atoms with E-state index in [0.29, 0.717) is 28.5 Å². The average molecular weight is 432 g/mol. The topological polar surface area (TPSA) is 63.1 Å². The van der Waals surface area contributed by atoms with Crippen LogP contribution in [0.3, 0.4) is 0 Å². The molecule has 4 rings (SSSR count). The second-order valence-electron chi connectivity index (χ2n) is 7.21. The molecule has 1 aromatic heterocycles. The number of aryl methyl sites for hydroxylation is 1. The van der Waals surface area contributed by atoms with Crippen LogP contribution in [-0.2, 0) is 6.54 Å². The fraction of sp³-hybridized carbons (Fsp3) is 0.120. The van der Waals surface area contributed by atoms with Gasteiger partial charge < -0.3 is 15.2 Å². The number of nitrogens with zero attached hydrogens (tertiary/aromatic N) is 1. The molecule has 0 saturated carbocycles. The maximum Gasteiger partial charge on any atom is 0.272 e. The van der Waals surface area contributed by atoms with Crippen LogP contribution < -0.4 is 10.6 Å². The van der Waals surface area contributed by atoms with E-state index in [-0.39, 0.29) is 11.8 Å². The molecule has 0 saturated heterocycles. The van der Waals surface area contributed by atoms with E-state index < -0.39 is 0 Å². The van der Waals surface area contributed by atoms with Gasteiger partial charge in [-0.15, -0.1) is 0 Å². The SMILES string of the molecule is CCCn1c(C(=O)Nc2ccccc2)cc2cc(NC(=O)c3ccccc3Cl)ccc21. The highest BCUT2D eigenvalue weighted by Crippen LogP contribution is 2.26. The van der Waals surface area contributed by atoms with Crippen LogP contribution >= 0.6 is 11.6 Å². The number of fused-ring (bicyclic) bond motifs is 1. The molecule has 5 nitrogen and oxygen atoms in total. The summed E-state index contributed by atoms with van der Waals surface area (Å²) in [4.78, 5) is 25.5. The first-order chi connectivity index (χ1) is 15.1. The van der Waals surface area contributed by atoms with Gasteiger partial charge in [0.15, 0.2) is 0 Å². The van der Waals surface area contributed by atoms with E-state index in [9.17, 15) is 9.59 Å². The number of aromatic nitrogens is 1. The lowest BCUT2D eigenvalue weighted by Gasteiger charge is -2.11. The van der Waals surface area contributed by atoms with Crippen LogP contribution in [0.2, 0.25) is 5.02 Å². The maximum absolute atomic E-state index is 12.9. The van der Waals surface area contributed by atoms with Gasteiger partial charge in [-0.2, -0.15) is 0 Å². The molecule has 4 aromatic rings. The molecular weight excluding hydrogens is 410 g/mol. The van der Waals surface area contributed by atoms with Crippen molar-refractivity contribution in [3.8, 4) is 0 Å². The lowest BCUT2D eigenvalue weighted by atomic mass is 10.2. The van der Waals surface area contributed by atoms with Gasteiger partial charge >= 0.3 is 0 Å². The summed E-state index contributed by atoms with van der Waals surface area (Å²) in [6.07, 6.45) is 0.889. The van der Waals surface area contributed by atoms with Gasteiger partial charge in [0.1, 0.15) is 5.69 Å². The van der Waals surface area contributed by atoms with Crippen molar-refractivity contribution in [3.63, 3.8) is 0 Å². The number of nitrogens with one attached hydrogen (secondary N) is 2. The summed E-state index contributed by atoms with van der Waals surface area (Å²) in [6, 6.07) is 23.8. The molecule has 0 radical (unpaired) electrons. The third kappa shape index (κ3) is 4.47. The van der Waals surface area contributed by atoms with Crippen LogP contribution in [-0.4, -0.2) is 16.4 Å². The predicted octanol–water partition coefficient (Wildman–Crippen LogP) is 6.21. The predicted molar refractivity (Wildman–Crippen MR) is 126 cm³/mol. The van der Waals surface area contributed by atoms with Gasteiger partial charge in [-0.05, 0) is 55.0 Å². The first kappa shape index (κ1) is 20.7. The van der Waals surface area contributed by atoms with Crippen molar-refractivity contribution in [2.45, 2.75) is 19.9 Å². The van der Waals surface area contributed by atoms with Crippen LogP contribution in [0.5, 0.6) is 0 Å². The summed E-state index contributed by atoms with van der Waals surface area (Å²) in [5.74, 6) is -0.447. The number of para-hydroxylation sites is 1. The second-order valence-corrected chi connectivity index (χ2v) is 7.62. The maximum atomic E-state index is 12.9. The quantitative estimate of drug-likeness (QED) is 0.381. The molecule has 0 unspecified atom stereocenters. The van der Waals surface area contributed by atoms with Crippen molar-refractivity contribution in [1.82, 2.24) is 4.57 Å². The fourth-order valence-corrected chi connectivity index (χ4v) is 3.78. The van der Waals surface area contributed by atoms with Crippen LogP contribution in [0, 0.1) is 0 Å². The van der Waals surface area contributed by atoms with Gasteiger partial charge in [0.25, 0.3) is 11.8 Å². The number of amides is 2. The molecule has 1 heterocycles. The highest BCUT2D eigenvalue weighted by atomic mass is 35.5. The molecule has 0 atom stereocenters. The summed E-state index contributed by atoms with van der Waals surface area (Å²) >= 11 is 6.13. The lowest BCUT2D eigenvalue weighted by molar-refractivity contribution is 0.101. The van der Waals surface area contributed by atoms with Crippen molar-refractivity contribution in [3.05, 3.63) is 95.1 Å². The summed E-state index contributed by atoms with van der Waals surface area (Å²) in [5, 5.41) is 7.11. The summed E-state index contributed by atoms with van der Waals surface area (Å²) in [6.45, 7) is 2.79. The number of anilines is 2. The number of hydrogen-bond donors (Lipinski definition) is 2. The van der Waals surface area contributed by atoms with Gasteiger partial charge in [-0.25, -0.2) is 0 Å². The fourth-order valence-electron chi connectivity index (χ4n) is 3.56. The summed E-state index contributed by atoms with van der Waals surface area (Å²) in [7, 11) is 0. The highest BCUT2D eigenvalue weighted by Gasteiger charge is 2.17. The van der Waals surface area contributed by atoms with Crippen molar-refractivity contribution in [1.29, 1.82) is 0 Å². The Hall–Kier alpha value is -3.57. The van der Waals surface area contributed by atoms with Crippen molar-refractivity contribution in [2.24, 2.45) is 0 Å². The number of hydrogen-bond acceptors (Lipinski definition) is 2. The average Bonchev–Trinajstić information content (AvgIpc) is 3.13. The Morgan fingerprint density at radius 1 is 0.839 bits per heavy atom. The molecule has 0 spiro atoms. The Kier molecular flexibility index (Phi) is 6.05. The Labute approximate surface area is 185 Å². The number of carbonyl (C=O) groups excluding carboxylic acids is 2. The monoisotopic (exact) mass is 431 g/mol. The van der Waals surface area contributed by atoms with Gasteiger partial charge in [0, 0.05) is 28.8 Å². The number of halogens is 1. The lowest BCUT2D eigenvalue weighted by Crippen LogP contribution is -2.17. The van der Waals surface area contributed by atoms with Crippen LogP contribution in [0.25, 0.3) is 10.9 Å². The van der Waals surface area contributed by atoms with Gasteiger partial charge in [-0.1, -0.05) is 48.9 Å². The van der Waals surface area contributed by atoms with E-state index in [2.05, 4.69) is 17.6 Å². The van der Waals surface area contributed by atoms with E-state index in [1.54, 1.807) is 24.3 Å². The largest absolute Gasteiger partial charge is 0.336 e. The molecule has 2 N–H and O–H groups in total. The zero-order valence-electron chi connectivity index (χ0n) is 17.1. The second kappa shape index (κ2) is 9.06. The minimum absolute atomic E-state index is 0.169. The van der Waals surface area contributed by atoms with Crippen LogP contribution in [0.1, 0.15) is 34.2 Å². The number of rotatable bonds is 6. The Morgan fingerprint density at radius 3 is 2.29 bits per heavy atom. The molecular formula is C25H22ClN3O2. The summed E-state index contributed by atoms with van der Waals surface area (Å²) < 4.78 is 2.01. The number of benzene rings is 3. The standard InChI is InChI=1S/C25H22ClN3O2/c1-2-14-29-22-13-12-19(28-24(30)20-10-6-7-11-21(20)26)15-17(22)16-23(29)25(31)27-18-8-4-3-5-9-18/h3-13,15-16H,2,14H2,1H3,(H,27,31)(H,28,30). The van der Waals surface area contributed by atoms with Gasteiger partial charge in [0.2, 0.25) is 0 Å². The molecule has 0 fully saturated rings. The molecule has 0 bridgehead atoms. The number of carbonyl (C=O) groups is 2. The van der Waals surface area contributed by atoms with E-state index in [0.717, 1.165) is 23.0 Å². The Balaban J connectivity index is 1.64. The van der Waals surface area contributed by atoms with Crippen molar-refractivity contribution < 1.29 is 9.59 Å². The normalized spacial score (nSPS) is 10.8. The zero-order chi connectivity index (χ0) is 21.8. The zero-order valence-corrected chi connectivity index (χ0v) is 17.8. The van der Waals surface area contributed by atoms with Crippen LogP contribution in [0.15, 0.2) is 78.9 Å². The van der Waals surface area contributed by atoms with E-state index in [4.69, 9.17) is 11.6 Å². The Morgan fingerprint density at radius 2 is 1.55 bits per heavy atom. The van der Waals surface area contributed by atoms with E-state index in [1.165, 1.54) is 0 Å². The third-order valence-electron chi connectivity index (χ3n) is 4.99. The van der Waals surface area contributed by atoms with E-state index >= 15 is 0 Å². The summed E-state index contributed by atoms with van der Waals surface area (Å²) in [5.41, 5.74) is 3.32. The minimum atomic E-state index is -0.278.